The van der Waals surface area contributed by atoms with Crippen molar-refractivity contribution in [3.63, 3.8) is 0 Å². The molecule has 4 nitrogen and oxygen atoms in total. The molecule has 0 aliphatic heterocycles. The van der Waals surface area contributed by atoms with E-state index >= 15 is 0 Å². The minimum absolute atomic E-state index is 0.0525. The lowest BCUT2D eigenvalue weighted by Crippen LogP contribution is -2.41. The van der Waals surface area contributed by atoms with Crippen molar-refractivity contribution in [3.8, 4) is 0 Å². The van der Waals surface area contributed by atoms with E-state index in [-0.39, 0.29) is 12.2 Å². The molecule has 0 amide bonds. The van der Waals surface area contributed by atoms with Crippen molar-refractivity contribution in [1.29, 1.82) is 0 Å². The topological polar surface area (TPSA) is 52.6 Å². The van der Waals surface area contributed by atoms with Gasteiger partial charge in [0.25, 0.3) is 0 Å². The summed E-state index contributed by atoms with van der Waals surface area (Å²) in [6, 6.07) is 0. The van der Waals surface area contributed by atoms with Gasteiger partial charge in [0, 0.05) is 0 Å². The quantitative estimate of drug-likeness (QED) is 0.430. The molecule has 23 heavy (non-hydrogen) atoms. The summed E-state index contributed by atoms with van der Waals surface area (Å²) in [5.41, 5.74) is -1.33. The van der Waals surface area contributed by atoms with E-state index in [1.165, 1.54) is 12.8 Å². The zero-order valence-electron chi connectivity index (χ0n) is 14.5. The lowest BCUT2D eigenvalue weighted by Gasteiger charge is -2.30. The highest BCUT2D eigenvalue weighted by Crippen LogP contribution is 2.30. The molecule has 0 heterocycles. The minimum Gasteiger partial charge on any atom is -0.461 e. The summed E-state index contributed by atoms with van der Waals surface area (Å²) in [5, 5.41) is 0. The van der Waals surface area contributed by atoms with Crippen molar-refractivity contribution in [2.45, 2.75) is 90.3 Å². The highest BCUT2D eigenvalue weighted by Gasteiger charge is 2.44. The molecular formula is C19H30O4. The first kappa shape index (κ1) is 18.0. The van der Waals surface area contributed by atoms with E-state index in [0.717, 1.165) is 51.4 Å². The van der Waals surface area contributed by atoms with Crippen molar-refractivity contribution in [2.75, 3.05) is 0 Å². The van der Waals surface area contributed by atoms with Gasteiger partial charge in [-0.05, 0) is 65.2 Å². The third-order valence-corrected chi connectivity index (χ3v) is 5.00. The van der Waals surface area contributed by atoms with Crippen LogP contribution in [0, 0.1) is 5.41 Å². The number of esters is 2. The number of allylic oxidation sites excluding steroid dienone is 1. The van der Waals surface area contributed by atoms with E-state index < -0.39 is 17.4 Å². The first-order chi connectivity index (χ1) is 11.1. The summed E-state index contributed by atoms with van der Waals surface area (Å²) in [6.07, 6.45) is 13.6. The molecule has 0 aromatic heterocycles. The second-order valence-electron chi connectivity index (χ2n) is 7.03. The van der Waals surface area contributed by atoms with Crippen LogP contribution in [-0.2, 0) is 19.1 Å². The van der Waals surface area contributed by atoms with Crippen LogP contribution in [-0.4, -0.2) is 24.1 Å². The van der Waals surface area contributed by atoms with Crippen molar-refractivity contribution in [2.24, 2.45) is 5.41 Å². The number of ether oxygens (including phenoxy) is 2. The molecule has 0 spiro atoms. The number of carbonyl (C=O) groups excluding carboxylic acids is 2. The average molecular weight is 322 g/mol. The molecule has 0 unspecified atom stereocenters. The van der Waals surface area contributed by atoms with Crippen molar-refractivity contribution in [1.82, 2.24) is 0 Å². The van der Waals surface area contributed by atoms with Gasteiger partial charge in [-0.15, -0.1) is 0 Å². The SMILES string of the molecule is CC=CC(C)(C(=O)OC1CCCCC1)C(=O)OC1CCCCC1. The first-order valence-electron chi connectivity index (χ1n) is 9.12. The zero-order valence-corrected chi connectivity index (χ0v) is 14.5. The summed E-state index contributed by atoms with van der Waals surface area (Å²) in [5.74, 6) is -0.938. The smallest absolute Gasteiger partial charge is 0.327 e. The Balaban J connectivity index is 2.00. The van der Waals surface area contributed by atoms with Crippen LogP contribution in [0.5, 0.6) is 0 Å². The maximum atomic E-state index is 12.6. The molecule has 2 fully saturated rings. The second kappa shape index (κ2) is 8.51. The standard InChI is InChI=1S/C19H30O4/c1-3-14-19(2,17(20)22-15-10-6-4-7-11-15)18(21)23-16-12-8-5-9-13-16/h3,14-16H,4-13H2,1-2H3. The number of hydrogen-bond acceptors (Lipinski definition) is 4. The summed E-state index contributed by atoms with van der Waals surface area (Å²) < 4.78 is 11.3. The van der Waals surface area contributed by atoms with Gasteiger partial charge in [0.1, 0.15) is 12.2 Å². The van der Waals surface area contributed by atoms with Crippen LogP contribution >= 0.6 is 0 Å². The Labute approximate surface area is 139 Å². The van der Waals surface area contributed by atoms with Gasteiger partial charge >= 0.3 is 11.9 Å². The van der Waals surface area contributed by atoms with Gasteiger partial charge in [0.2, 0.25) is 0 Å². The Bertz CT molecular complexity index is 397. The van der Waals surface area contributed by atoms with Crippen LogP contribution in [0.4, 0.5) is 0 Å². The average Bonchev–Trinajstić information content (AvgIpc) is 2.56. The van der Waals surface area contributed by atoms with E-state index in [1.807, 2.05) is 0 Å². The molecule has 0 saturated heterocycles. The molecule has 4 heteroatoms. The molecule has 2 aliphatic carbocycles. The molecule has 0 aromatic carbocycles. The van der Waals surface area contributed by atoms with E-state index in [1.54, 1.807) is 26.0 Å². The normalized spacial score (nSPS) is 21.3. The van der Waals surface area contributed by atoms with Gasteiger partial charge < -0.3 is 9.47 Å². The lowest BCUT2D eigenvalue weighted by molar-refractivity contribution is -0.175. The fourth-order valence-electron chi connectivity index (χ4n) is 3.47. The summed E-state index contributed by atoms with van der Waals surface area (Å²) in [6.45, 7) is 3.42. The first-order valence-corrected chi connectivity index (χ1v) is 9.12. The van der Waals surface area contributed by atoms with Gasteiger partial charge in [0.15, 0.2) is 5.41 Å². The molecule has 0 atom stereocenters. The molecule has 0 radical (unpaired) electrons. The van der Waals surface area contributed by atoms with Crippen LogP contribution in [0.25, 0.3) is 0 Å². The van der Waals surface area contributed by atoms with Crippen LogP contribution in [0.15, 0.2) is 12.2 Å². The third-order valence-electron chi connectivity index (χ3n) is 5.00. The Hall–Kier alpha value is -1.32. The van der Waals surface area contributed by atoms with Gasteiger partial charge in [-0.25, -0.2) is 0 Å². The largest absolute Gasteiger partial charge is 0.461 e. The van der Waals surface area contributed by atoms with Crippen molar-refractivity contribution >= 4 is 11.9 Å². The van der Waals surface area contributed by atoms with Crippen molar-refractivity contribution in [3.05, 3.63) is 12.2 Å². The third kappa shape index (κ3) is 4.82. The molecular weight excluding hydrogens is 292 g/mol. The summed E-state index contributed by atoms with van der Waals surface area (Å²) >= 11 is 0. The highest BCUT2D eigenvalue weighted by molar-refractivity contribution is 6.02. The fourth-order valence-corrected chi connectivity index (χ4v) is 3.47. The molecule has 0 N–H and O–H groups in total. The number of rotatable bonds is 5. The maximum absolute atomic E-state index is 12.6. The van der Waals surface area contributed by atoms with Gasteiger partial charge in [-0.3, -0.25) is 9.59 Å². The molecule has 2 saturated carbocycles. The molecule has 130 valence electrons. The van der Waals surface area contributed by atoms with E-state index in [0.29, 0.717) is 0 Å². The Morgan fingerprint density at radius 1 is 0.826 bits per heavy atom. The van der Waals surface area contributed by atoms with Gasteiger partial charge in [-0.1, -0.05) is 25.0 Å². The molecule has 2 rings (SSSR count). The summed E-state index contributed by atoms with van der Waals surface area (Å²) in [7, 11) is 0. The van der Waals surface area contributed by atoms with Crippen LogP contribution < -0.4 is 0 Å². The van der Waals surface area contributed by atoms with E-state index in [9.17, 15) is 9.59 Å². The van der Waals surface area contributed by atoms with Crippen LogP contribution in [0.3, 0.4) is 0 Å². The Morgan fingerprint density at radius 3 is 1.57 bits per heavy atom. The van der Waals surface area contributed by atoms with E-state index in [2.05, 4.69) is 0 Å². The zero-order chi connectivity index (χ0) is 16.7. The van der Waals surface area contributed by atoms with Gasteiger partial charge in [-0.2, -0.15) is 0 Å². The number of carbonyl (C=O) groups is 2. The predicted molar refractivity (Wildman–Crippen MR) is 88.9 cm³/mol. The van der Waals surface area contributed by atoms with Crippen LogP contribution in [0.1, 0.15) is 78.1 Å². The minimum atomic E-state index is -1.33. The second-order valence-corrected chi connectivity index (χ2v) is 7.03. The Morgan fingerprint density at radius 2 is 1.22 bits per heavy atom. The predicted octanol–water partition coefficient (Wildman–Crippen LogP) is 4.32. The monoisotopic (exact) mass is 322 g/mol. The fraction of sp³-hybridized carbons (Fsp3) is 0.789. The summed E-state index contributed by atoms with van der Waals surface area (Å²) in [4.78, 5) is 25.3. The van der Waals surface area contributed by atoms with E-state index in [4.69, 9.17) is 9.47 Å². The highest BCUT2D eigenvalue weighted by atomic mass is 16.6. The van der Waals surface area contributed by atoms with Crippen molar-refractivity contribution < 1.29 is 19.1 Å². The molecule has 0 bridgehead atoms. The molecule has 0 aromatic rings. The maximum Gasteiger partial charge on any atom is 0.327 e. The lowest BCUT2D eigenvalue weighted by atomic mass is 9.89. The number of hydrogen-bond donors (Lipinski definition) is 0. The Kier molecular flexibility index (Phi) is 6.67. The van der Waals surface area contributed by atoms with Crippen LogP contribution in [0.2, 0.25) is 0 Å². The molecule has 2 aliphatic rings. The van der Waals surface area contributed by atoms with Gasteiger partial charge in [0.05, 0.1) is 0 Å².